The van der Waals surface area contributed by atoms with E-state index in [0.717, 1.165) is 5.56 Å². The Morgan fingerprint density at radius 1 is 1.33 bits per heavy atom. The van der Waals surface area contributed by atoms with Gasteiger partial charge in [0.25, 0.3) is 0 Å². The molecule has 84 valence electrons. The first-order chi connectivity index (χ1) is 6.92. The van der Waals surface area contributed by atoms with Crippen LogP contribution in [0.4, 0.5) is 4.39 Å². The molecule has 3 nitrogen and oxygen atoms in total. The quantitative estimate of drug-likeness (QED) is 0.845. The number of hydrogen-bond donors (Lipinski definition) is 1. The molecule has 0 aliphatic heterocycles. The van der Waals surface area contributed by atoms with E-state index in [9.17, 15) is 12.8 Å². The average molecular weight is 231 g/mol. The van der Waals surface area contributed by atoms with Crippen LogP contribution in [0.2, 0.25) is 0 Å². The van der Waals surface area contributed by atoms with Crippen LogP contribution in [0.25, 0.3) is 0 Å². The molecule has 1 unspecified atom stereocenters. The van der Waals surface area contributed by atoms with Crippen LogP contribution >= 0.6 is 0 Å². The number of halogens is 1. The van der Waals surface area contributed by atoms with Crippen molar-refractivity contribution < 1.29 is 12.8 Å². The van der Waals surface area contributed by atoms with Gasteiger partial charge in [-0.05, 0) is 24.7 Å². The Morgan fingerprint density at radius 3 is 2.27 bits per heavy atom. The Kier molecular flexibility index (Phi) is 3.82. The standard InChI is InChI=1S/C10H14FNO2S/c1-12-10(7-15(2,13)14)8-3-5-9(11)6-4-8/h3-6,10,12H,7H2,1-2H3. The second kappa shape index (κ2) is 4.72. The summed E-state index contributed by atoms with van der Waals surface area (Å²) in [6.45, 7) is 0. The summed E-state index contributed by atoms with van der Waals surface area (Å²) in [4.78, 5) is 0. The van der Waals surface area contributed by atoms with Crippen molar-refractivity contribution in [2.45, 2.75) is 6.04 Å². The number of benzene rings is 1. The Labute approximate surface area is 89.2 Å². The Morgan fingerprint density at radius 2 is 1.87 bits per heavy atom. The van der Waals surface area contributed by atoms with Crippen LogP contribution < -0.4 is 5.32 Å². The van der Waals surface area contributed by atoms with E-state index in [1.807, 2.05) is 0 Å². The van der Waals surface area contributed by atoms with Crippen molar-refractivity contribution in [3.05, 3.63) is 35.6 Å². The molecule has 0 aromatic heterocycles. The molecule has 0 amide bonds. The SMILES string of the molecule is CNC(CS(C)(=O)=O)c1ccc(F)cc1. The molecule has 0 heterocycles. The number of rotatable bonds is 4. The van der Waals surface area contributed by atoms with E-state index in [0.29, 0.717) is 0 Å². The Hall–Kier alpha value is -0.940. The maximum Gasteiger partial charge on any atom is 0.149 e. The molecule has 5 heteroatoms. The Bertz CT molecular complexity index is 414. The van der Waals surface area contributed by atoms with E-state index in [1.165, 1.54) is 18.4 Å². The summed E-state index contributed by atoms with van der Waals surface area (Å²) in [6.07, 6.45) is 1.18. The molecule has 1 aromatic carbocycles. The molecule has 0 aliphatic rings. The van der Waals surface area contributed by atoms with Gasteiger partial charge in [0.15, 0.2) is 0 Å². The van der Waals surface area contributed by atoms with Crippen LogP contribution in [0.5, 0.6) is 0 Å². The van der Waals surface area contributed by atoms with Gasteiger partial charge in [-0.15, -0.1) is 0 Å². The van der Waals surface area contributed by atoms with Crippen LogP contribution in [0, 0.1) is 5.82 Å². The zero-order valence-electron chi connectivity index (χ0n) is 8.70. The number of nitrogens with one attached hydrogen (secondary N) is 1. The first-order valence-corrected chi connectivity index (χ1v) is 6.59. The lowest BCUT2D eigenvalue weighted by Crippen LogP contribution is -2.24. The van der Waals surface area contributed by atoms with Gasteiger partial charge in [0.1, 0.15) is 15.7 Å². The van der Waals surface area contributed by atoms with Gasteiger partial charge in [0.05, 0.1) is 5.75 Å². The molecule has 0 radical (unpaired) electrons. The van der Waals surface area contributed by atoms with Gasteiger partial charge in [0, 0.05) is 12.3 Å². The van der Waals surface area contributed by atoms with Crippen LogP contribution in [-0.4, -0.2) is 27.5 Å². The molecule has 1 aromatic rings. The summed E-state index contributed by atoms with van der Waals surface area (Å²) >= 11 is 0. The lowest BCUT2D eigenvalue weighted by molar-refractivity contribution is 0.578. The molecule has 1 rings (SSSR count). The van der Waals surface area contributed by atoms with Crippen molar-refractivity contribution in [1.29, 1.82) is 0 Å². The minimum Gasteiger partial charge on any atom is -0.312 e. The van der Waals surface area contributed by atoms with Crippen LogP contribution in [0.1, 0.15) is 11.6 Å². The average Bonchev–Trinajstić information content (AvgIpc) is 2.14. The van der Waals surface area contributed by atoms with Gasteiger partial charge in [0.2, 0.25) is 0 Å². The lowest BCUT2D eigenvalue weighted by atomic mass is 10.1. The minimum atomic E-state index is -3.05. The lowest BCUT2D eigenvalue weighted by Gasteiger charge is -2.15. The highest BCUT2D eigenvalue weighted by molar-refractivity contribution is 7.90. The van der Waals surface area contributed by atoms with Crippen molar-refractivity contribution in [1.82, 2.24) is 5.32 Å². The first-order valence-electron chi connectivity index (χ1n) is 4.53. The predicted molar refractivity (Wildman–Crippen MR) is 57.9 cm³/mol. The highest BCUT2D eigenvalue weighted by Crippen LogP contribution is 2.14. The van der Waals surface area contributed by atoms with Crippen molar-refractivity contribution in [3.8, 4) is 0 Å². The van der Waals surface area contributed by atoms with Crippen molar-refractivity contribution in [2.75, 3.05) is 19.1 Å². The number of hydrogen-bond acceptors (Lipinski definition) is 3. The van der Waals surface area contributed by atoms with Crippen LogP contribution in [-0.2, 0) is 9.84 Å². The Balaban J connectivity index is 2.88. The fraction of sp³-hybridized carbons (Fsp3) is 0.400. The molecule has 0 spiro atoms. The van der Waals surface area contributed by atoms with E-state index < -0.39 is 9.84 Å². The smallest absolute Gasteiger partial charge is 0.149 e. The minimum absolute atomic E-state index is 0.00906. The monoisotopic (exact) mass is 231 g/mol. The van der Waals surface area contributed by atoms with E-state index in [-0.39, 0.29) is 17.6 Å². The second-order valence-electron chi connectivity index (χ2n) is 3.49. The van der Waals surface area contributed by atoms with Crippen molar-refractivity contribution in [3.63, 3.8) is 0 Å². The molecule has 0 saturated carbocycles. The van der Waals surface area contributed by atoms with Gasteiger partial charge in [-0.1, -0.05) is 12.1 Å². The van der Waals surface area contributed by atoms with Gasteiger partial charge >= 0.3 is 0 Å². The molecular formula is C10H14FNO2S. The summed E-state index contributed by atoms with van der Waals surface area (Å²) in [5.74, 6) is -0.317. The van der Waals surface area contributed by atoms with Crippen LogP contribution in [0.3, 0.4) is 0 Å². The first kappa shape index (κ1) is 12.1. The van der Waals surface area contributed by atoms with E-state index in [1.54, 1.807) is 19.2 Å². The van der Waals surface area contributed by atoms with E-state index in [4.69, 9.17) is 0 Å². The summed E-state index contributed by atoms with van der Waals surface area (Å²) in [5.41, 5.74) is 0.768. The maximum absolute atomic E-state index is 12.7. The maximum atomic E-state index is 12.7. The number of sulfone groups is 1. The predicted octanol–water partition coefficient (Wildman–Crippen LogP) is 1.13. The molecular weight excluding hydrogens is 217 g/mol. The van der Waals surface area contributed by atoms with Crippen LogP contribution in [0.15, 0.2) is 24.3 Å². The van der Waals surface area contributed by atoms with Gasteiger partial charge in [-0.2, -0.15) is 0 Å². The zero-order valence-corrected chi connectivity index (χ0v) is 9.51. The molecule has 0 aliphatic carbocycles. The molecule has 0 bridgehead atoms. The molecule has 1 atom stereocenters. The van der Waals surface area contributed by atoms with Gasteiger partial charge in [-0.25, -0.2) is 12.8 Å². The normalized spacial score (nSPS) is 13.8. The highest BCUT2D eigenvalue weighted by atomic mass is 32.2. The molecule has 1 N–H and O–H groups in total. The van der Waals surface area contributed by atoms with Gasteiger partial charge in [-0.3, -0.25) is 0 Å². The summed E-state index contributed by atoms with van der Waals surface area (Å²) in [7, 11) is -1.37. The topological polar surface area (TPSA) is 46.2 Å². The fourth-order valence-electron chi connectivity index (χ4n) is 1.34. The molecule has 0 fully saturated rings. The van der Waals surface area contributed by atoms with E-state index >= 15 is 0 Å². The van der Waals surface area contributed by atoms with Crippen molar-refractivity contribution >= 4 is 9.84 Å². The zero-order chi connectivity index (χ0) is 11.5. The largest absolute Gasteiger partial charge is 0.312 e. The fourth-order valence-corrected chi connectivity index (χ4v) is 2.31. The molecule has 0 saturated heterocycles. The highest BCUT2D eigenvalue weighted by Gasteiger charge is 2.15. The van der Waals surface area contributed by atoms with Crippen molar-refractivity contribution in [2.24, 2.45) is 0 Å². The van der Waals surface area contributed by atoms with Gasteiger partial charge < -0.3 is 5.32 Å². The summed E-state index contributed by atoms with van der Waals surface area (Å²) < 4.78 is 34.9. The van der Waals surface area contributed by atoms with E-state index in [2.05, 4.69) is 5.32 Å². The third-order valence-corrected chi connectivity index (χ3v) is 3.03. The third-order valence-electron chi connectivity index (χ3n) is 2.09. The summed E-state index contributed by atoms with van der Waals surface area (Å²) in [6, 6.07) is 5.52. The molecule has 15 heavy (non-hydrogen) atoms. The third kappa shape index (κ3) is 3.97. The second-order valence-corrected chi connectivity index (χ2v) is 5.67. The summed E-state index contributed by atoms with van der Waals surface area (Å²) in [5, 5.41) is 2.89.